The fourth-order valence-electron chi connectivity index (χ4n) is 2.64. The second-order valence-electron chi connectivity index (χ2n) is 5.04. The van der Waals surface area contributed by atoms with Crippen molar-refractivity contribution in [3.05, 3.63) is 35.4 Å². The van der Waals surface area contributed by atoms with Crippen LogP contribution in [0, 0.1) is 23.0 Å². The lowest BCUT2D eigenvalue weighted by molar-refractivity contribution is -0.132. The maximum Gasteiger partial charge on any atom is 0.228 e. The van der Waals surface area contributed by atoms with Gasteiger partial charge in [-0.25, -0.2) is 8.78 Å². The van der Waals surface area contributed by atoms with E-state index in [2.05, 4.69) is 0 Å². The first kappa shape index (κ1) is 14.4. The van der Waals surface area contributed by atoms with Gasteiger partial charge in [0.2, 0.25) is 5.91 Å². The number of benzene rings is 1. The minimum absolute atomic E-state index is 0.00458. The zero-order chi connectivity index (χ0) is 14.5. The molecule has 1 aromatic rings. The highest BCUT2D eigenvalue weighted by Crippen LogP contribution is 2.24. The lowest BCUT2D eigenvalue weighted by Gasteiger charge is -2.26. The van der Waals surface area contributed by atoms with Crippen LogP contribution in [0.3, 0.4) is 0 Å². The van der Waals surface area contributed by atoms with Gasteiger partial charge in [-0.1, -0.05) is 18.9 Å². The zero-order valence-corrected chi connectivity index (χ0v) is 11.1. The van der Waals surface area contributed by atoms with Crippen LogP contribution in [-0.4, -0.2) is 23.4 Å². The Labute approximate surface area is 116 Å². The van der Waals surface area contributed by atoms with E-state index in [4.69, 9.17) is 5.26 Å². The molecule has 5 heteroatoms. The molecule has 3 nitrogen and oxygen atoms in total. The predicted octanol–water partition coefficient (Wildman–Crippen LogP) is 2.80. The first-order valence-electron chi connectivity index (χ1n) is 6.72. The first-order valence-corrected chi connectivity index (χ1v) is 6.72. The lowest BCUT2D eigenvalue weighted by atomic mass is 10.1. The van der Waals surface area contributed by atoms with Crippen LogP contribution in [0.4, 0.5) is 8.78 Å². The molecule has 0 radical (unpaired) electrons. The summed E-state index contributed by atoms with van der Waals surface area (Å²) in [6.07, 6.45) is 3.93. The zero-order valence-electron chi connectivity index (χ0n) is 11.1. The van der Waals surface area contributed by atoms with Crippen molar-refractivity contribution in [1.82, 2.24) is 4.90 Å². The second kappa shape index (κ2) is 6.47. The monoisotopic (exact) mass is 278 g/mol. The molecule has 1 saturated carbocycles. The van der Waals surface area contributed by atoms with Crippen molar-refractivity contribution >= 4 is 5.91 Å². The number of hydrogen-bond acceptors (Lipinski definition) is 2. The number of rotatable bonds is 4. The van der Waals surface area contributed by atoms with Crippen molar-refractivity contribution in [3.63, 3.8) is 0 Å². The summed E-state index contributed by atoms with van der Waals surface area (Å²) in [4.78, 5) is 13.8. The van der Waals surface area contributed by atoms with E-state index in [1.54, 1.807) is 4.90 Å². The Morgan fingerprint density at radius 3 is 2.60 bits per heavy atom. The summed E-state index contributed by atoms with van der Waals surface area (Å²) in [6.45, 7) is 0.0488. The van der Waals surface area contributed by atoms with E-state index in [0.717, 1.165) is 37.8 Å². The molecular weight excluding hydrogens is 262 g/mol. The topological polar surface area (TPSA) is 44.1 Å². The molecule has 0 atom stereocenters. The molecule has 0 heterocycles. The van der Waals surface area contributed by atoms with Crippen molar-refractivity contribution in [3.8, 4) is 6.07 Å². The SMILES string of the molecule is N#CCN(C(=O)Cc1ccc(F)c(F)c1)C1CCCC1. The van der Waals surface area contributed by atoms with Gasteiger partial charge >= 0.3 is 0 Å². The van der Waals surface area contributed by atoms with Crippen LogP contribution in [-0.2, 0) is 11.2 Å². The van der Waals surface area contributed by atoms with Gasteiger partial charge in [-0.15, -0.1) is 0 Å². The van der Waals surface area contributed by atoms with Crippen LogP contribution in [0.2, 0.25) is 0 Å². The van der Waals surface area contributed by atoms with Crippen LogP contribution in [0.5, 0.6) is 0 Å². The molecule has 0 spiro atoms. The van der Waals surface area contributed by atoms with Crippen LogP contribution in [0.1, 0.15) is 31.2 Å². The van der Waals surface area contributed by atoms with Gasteiger partial charge < -0.3 is 4.90 Å². The quantitative estimate of drug-likeness (QED) is 0.795. The molecule has 0 unspecified atom stereocenters. The number of hydrogen-bond donors (Lipinski definition) is 0. The van der Waals surface area contributed by atoms with E-state index in [1.165, 1.54) is 6.07 Å². The summed E-state index contributed by atoms with van der Waals surface area (Å²) in [6, 6.07) is 5.56. The number of amides is 1. The largest absolute Gasteiger partial charge is 0.326 e. The maximum atomic E-state index is 13.1. The molecule has 0 aliphatic heterocycles. The van der Waals surface area contributed by atoms with E-state index in [-0.39, 0.29) is 24.9 Å². The van der Waals surface area contributed by atoms with E-state index >= 15 is 0 Å². The Hall–Kier alpha value is -1.96. The summed E-state index contributed by atoms with van der Waals surface area (Å²) < 4.78 is 26.0. The van der Waals surface area contributed by atoms with Crippen LogP contribution in [0.15, 0.2) is 18.2 Å². The van der Waals surface area contributed by atoms with Gasteiger partial charge in [-0.3, -0.25) is 4.79 Å². The summed E-state index contributed by atoms with van der Waals surface area (Å²) in [5, 5.41) is 8.84. The molecule has 0 bridgehead atoms. The third-order valence-corrected chi connectivity index (χ3v) is 3.67. The van der Waals surface area contributed by atoms with Crippen LogP contribution < -0.4 is 0 Å². The smallest absolute Gasteiger partial charge is 0.228 e. The molecule has 1 amide bonds. The Kier molecular flexibility index (Phi) is 4.67. The third-order valence-electron chi connectivity index (χ3n) is 3.67. The maximum absolute atomic E-state index is 13.1. The molecule has 0 N–H and O–H groups in total. The second-order valence-corrected chi connectivity index (χ2v) is 5.04. The highest BCUT2D eigenvalue weighted by molar-refractivity contribution is 5.79. The van der Waals surface area contributed by atoms with Gasteiger partial charge in [-0.05, 0) is 30.5 Å². The fraction of sp³-hybridized carbons (Fsp3) is 0.467. The van der Waals surface area contributed by atoms with Crippen molar-refractivity contribution in [2.45, 2.75) is 38.1 Å². The Morgan fingerprint density at radius 2 is 2.00 bits per heavy atom. The van der Waals surface area contributed by atoms with Gasteiger partial charge in [-0.2, -0.15) is 5.26 Å². The molecule has 1 fully saturated rings. The summed E-state index contributed by atoms with van der Waals surface area (Å²) in [7, 11) is 0. The predicted molar refractivity (Wildman–Crippen MR) is 69.6 cm³/mol. The minimum atomic E-state index is -0.956. The standard InChI is InChI=1S/C15H16F2N2O/c16-13-6-5-11(9-14(13)17)10-15(20)19(8-7-18)12-3-1-2-4-12/h5-6,9,12H,1-4,8,10H2. The molecule has 1 aliphatic carbocycles. The molecule has 0 saturated heterocycles. The number of nitrogens with zero attached hydrogens (tertiary/aromatic N) is 2. The number of nitriles is 1. The Bertz CT molecular complexity index is 533. The van der Waals surface area contributed by atoms with Crippen LogP contribution in [0.25, 0.3) is 0 Å². The van der Waals surface area contributed by atoms with E-state index in [0.29, 0.717) is 5.56 Å². The molecule has 0 aromatic heterocycles. The van der Waals surface area contributed by atoms with Crippen molar-refractivity contribution < 1.29 is 13.6 Å². The van der Waals surface area contributed by atoms with Crippen molar-refractivity contribution in [2.24, 2.45) is 0 Å². The molecule has 106 valence electrons. The molecule has 20 heavy (non-hydrogen) atoms. The Morgan fingerprint density at radius 1 is 1.30 bits per heavy atom. The van der Waals surface area contributed by atoms with E-state index < -0.39 is 11.6 Å². The van der Waals surface area contributed by atoms with E-state index in [9.17, 15) is 13.6 Å². The highest BCUT2D eigenvalue weighted by atomic mass is 19.2. The van der Waals surface area contributed by atoms with Gasteiger partial charge in [0.1, 0.15) is 6.54 Å². The molecular formula is C15H16F2N2O. The van der Waals surface area contributed by atoms with Crippen molar-refractivity contribution in [1.29, 1.82) is 5.26 Å². The normalized spacial score (nSPS) is 15.1. The summed E-state index contributed by atoms with van der Waals surface area (Å²) >= 11 is 0. The van der Waals surface area contributed by atoms with Gasteiger partial charge in [0, 0.05) is 6.04 Å². The number of halogens is 2. The number of carbonyl (C=O) groups is 1. The van der Waals surface area contributed by atoms with E-state index in [1.807, 2.05) is 6.07 Å². The summed E-state index contributed by atoms with van der Waals surface area (Å²) in [5.74, 6) is -2.08. The lowest BCUT2D eigenvalue weighted by Crippen LogP contribution is -2.40. The molecule has 1 aromatic carbocycles. The minimum Gasteiger partial charge on any atom is -0.326 e. The average molecular weight is 278 g/mol. The molecule has 1 aliphatic rings. The average Bonchev–Trinajstić information content (AvgIpc) is 2.94. The number of carbonyl (C=O) groups excluding carboxylic acids is 1. The fourth-order valence-corrected chi connectivity index (χ4v) is 2.64. The summed E-state index contributed by atoms with van der Waals surface area (Å²) in [5.41, 5.74) is 0.426. The third kappa shape index (κ3) is 3.32. The van der Waals surface area contributed by atoms with Gasteiger partial charge in [0.25, 0.3) is 0 Å². The van der Waals surface area contributed by atoms with Gasteiger partial charge in [0.05, 0.1) is 12.5 Å². The Balaban J connectivity index is 2.07. The molecule has 2 rings (SSSR count). The van der Waals surface area contributed by atoms with Crippen molar-refractivity contribution in [2.75, 3.05) is 6.54 Å². The first-order chi connectivity index (χ1) is 9.61. The van der Waals surface area contributed by atoms with Gasteiger partial charge in [0.15, 0.2) is 11.6 Å². The van der Waals surface area contributed by atoms with Crippen LogP contribution >= 0.6 is 0 Å². The highest BCUT2D eigenvalue weighted by Gasteiger charge is 2.26.